The number of aryl methyl sites for hydroxylation is 1. The maximum atomic E-state index is 11.1. The van der Waals surface area contributed by atoms with Crippen molar-refractivity contribution in [1.82, 2.24) is 5.16 Å². The number of hydrogen-bond acceptors (Lipinski definition) is 5. The Morgan fingerprint density at radius 2 is 1.83 bits per heavy atom. The van der Waals surface area contributed by atoms with Crippen LogP contribution in [-0.2, 0) is 10.0 Å². The monoisotopic (exact) mass is 267 g/mol. The van der Waals surface area contributed by atoms with Gasteiger partial charge in [-0.25, -0.2) is 13.6 Å². The van der Waals surface area contributed by atoms with Crippen LogP contribution in [0.2, 0.25) is 0 Å². The predicted octanol–water partition coefficient (Wildman–Crippen LogP) is 1.68. The third kappa shape index (κ3) is 2.52. The number of nitrogens with two attached hydrogens (primary N) is 1. The Bertz CT molecular complexity index is 659. The van der Waals surface area contributed by atoms with Crippen molar-refractivity contribution in [2.75, 3.05) is 5.32 Å². The van der Waals surface area contributed by atoms with Crippen LogP contribution in [0.1, 0.15) is 11.3 Å². The molecule has 0 fully saturated rings. The summed E-state index contributed by atoms with van der Waals surface area (Å²) in [5.41, 5.74) is 1.62. The average Bonchev–Trinajstić information content (AvgIpc) is 2.61. The Balaban J connectivity index is 2.24. The Hall–Kier alpha value is -1.86. The molecule has 0 spiro atoms. The molecule has 0 aliphatic rings. The zero-order valence-corrected chi connectivity index (χ0v) is 10.8. The molecule has 0 aliphatic carbocycles. The van der Waals surface area contributed by atoms with Gasteiger partial charge in [0.2, 0.25) is 10.0 Å². The lowest BCUT2D eigenvalue weighted by molar-refractivity contribution is 0.399. The highest BCUT2D eigenvalue weighted by atomic mass is 32.2. The summed E-state index contributed by atoms with van der Waals surface area (Å²) >= 11 is 0. The van der Waals surface area contributed by atoms with Gasteiger partial charge in [0.05, 0.1) is 4.90 Å². The predicted molar refractivity (Wildman–Crippen MR) is 67.1 cm³/mol. The van der Waals surface area contributed by atoms with Crippen molar-refractivity contribution in [3.63, 3.8) is 0 Å². The second kappa shape index (κ2) is 4.43. The first-order valence-electron chi connectivity index (χ1n) is 5.20. The largest absolute Gasteiger partial charge is 0.359 e. The van der Waals surface area contributed by atoms with E-state index in [2.05, 4.69) is 10.5 Å². The second-order valence-electron chi connectivity index (χ2n) is 3.91. The van der Waals surface area contributed by atoms with E-state index >= 15 is 0 Å². The van der Waals surface area contributed by atoms with Crippen LogP contribution in [0.15, 0.2) is 33.7 Å². The maximum absolute atomic E-state index is 11.1. The molecule has 0 saturated heterocycles. The molecule has 7 heteroatoms. The van der Waals surface area contributed by atoms with Crippen LogP contribution in [0.3, 0.4) is 0 Å². The number of nitrogens with one attached hydrogen (secondary N) is 1. The minimum Gasteiger partial charge on any atom is -0.359 e. The molecule has 18 heavy (non-hydrogen) atoms. The van der Waals surface area contributed by atoms with Gasteiger partial charge in [0, 0.05) is 11.3 Å². The maximum Gasteiger partial charge on any atom is 0.238 e. The van der Waals surface area contributed by atoms with Crippen molar-refractivity contribution >= 4 is 21.5 Å². The van der Waals surface area contributed by atoms with E-state index in [9.17, 15) is 8.42 Å². The van der Waals surface area contributed by atoms with Crippen LogP contribution >= 0.6 is 0 Å². The fourth-order valence-electron chi connectivity index (χ4n) is 1.40. The number of aromatic nitrogens is 1. The molecule has 0 amide bonds. The number of anilines is 2. The number of nitrogens with zero attached hydrogens (tertiary/aromatic N) is 1. The first-order valence-corrected chi connectivity index (χ1v) is 6.75. The molecule has 0 atom stereocenters. The van der Waals surface area contributed by atoms with Gasteiger partial charge in [0.25, 0.3) is 0 Å². The molecule has 0 saturated carbocycles. The second-order valence-corrected chi connectivity index (χ2v) is 5.47. The van der Waals surface area contributed by atoms with E-state index in [1.807, 2.05) is 13.8 Å². The fraction of sp³-hybridized carbons (Fsp3) is 0.182. The zero-order valence-electron chi connectivity index (χ0n) is 9.97. The Kier molecular flexibility index (Phi) is 3.10. The van der Waals surface area contributed by atoms with Gasteiger partial charge in [-0.1, -0.05) is 5.16 Å². The first-order chi connectivity index (χ1) is 8.38. The lowest BCUT2D eigenvalue weighted by atomic mass is 10.2. The van der Waals surface area contributed by atoms with Crippen molar-refractivity contribution in [3.05, 3.63) is 35.6 Å². The van der Waals surface area contributed by atoms with Gasteiger partial charge in [-0.15, -0.1) is 0 Å². The summed E-state index contributed by atoms with van der Waals surface area (Å²) in [6, 6.07) is 6.09. The lowest BCUT2D eigenvalue weighted by Crippen LogP contribution is -2.11. The quantitative estimate of drug-likeness (QED) is 0.881. The molecule has 1 heterocycles. The minimum absolute atomic E-state index is 0.0705. The van der Waals surface area contributed by atoms with Gasteiger partial charge in [-0.2, -0.15) is 0 Å². The smallest absolute Gasteiger partial charge is 0.238 e. The molecule has 0 aliphatic heterocycles. The van der Waals surface area contributed by atoms with Crippen molar-refractivity contribution in [1.29, 1.82) is 0 Å². The number of benzene rings is 1. The summed E-state index contributed by atoms with van der Waals surface area (Å²) in [4.78, 5) is 0.0705. The van der Waals surface area contributed by atoms with E-state index in [0.717, 1.165) is 11.3 Å². The third-order valence-electron chi connectivity index (χ3n) is 2.60. The Labute approximate surface area is 105 Å². The van der Waals surface area contributed by atoms with Gasteiger partial charge in [0.15, 0.2) is 5.82 Å². The average molecular weight is 267 g/mol. The normalized spacial score (nSPS) is 11.5. The molecule has 2 aromatic rings. The summed E-state index contributed by atoms with van der Waals surface area (Å²) in [6.45, 7) is 3.70. The SMILES string of the molecule is Cc1onc(Nc2ccc(S(N)(=O)=O)cc2)c1C. The van der Waals surface area contributed by atoms with Crippen molar-refractivity contribution in [2.45, 2.75) is 18.7 Å². The minimum atomic E-state index is -3.66. The highest BCUT2D eigenvalue weighted by molar-refractivity contribution is 7.89. The van der Waals surface area contributed by atoms with Crippen LogP contribution in [-0.4, -0.2) is 13.6 Å². The Morgan fingerprint density at radius 1 is 1.22 bits per heavy atom. The van der Waals surface area contributed by atoms with E-state index in [1.54, 1.807) is 12.1 Å². The molecule has 1 aromatic heterocycles. The number of hydrogen-bond donors (Lipinski definition) is 2. The number of primary sulfonamides is 1. The van der Waals surface area contributed by atoms with Crippen molar-refractivity contribution in [2.24, 2.45) is 5.14 Å². The van der Waals surface area contributed by atoms with E-state index in [4.69, 9.17) is 9.66 Å². The van der Waals surface area contributed by atoms with Crippen molar-refractivity contribution < 1.29 is 12.9 Å². The van der Waals surface area contributed by atoms with Gasteiger partial charge < -0.3 is 9.84 Å². The topological polar surface area (TPSA) is 98.2 Å². The lowest BCUT2D eigenvalue weighted by Gasteiger charge is -2.04. The number of rotatable bonds is 3. The first kappa shape index (κ1) is 12.6. The van der Waals surface area contributed by atoms with E-state index < -0.39 is 10.0 Å². The molecule has 3 N–H and O–H groups in total. The molecule has 0 bridgehead atoms. The van der Waals surface area contributed by atoms with Crippen LogP contribution in [0.4, 0.5) is 11.5 Å². The van der Waals surface area contributed by atoms with E-state index in [0.29, 0.717) is 11.5 Å². The van der Waals surface area contributed by atoms with Gasteiger partial charge >= 0.3 is 0 Å². The van der Waals surface area contributed by atoms with E-state index in [-0.39, 0.29) is 4.90 Å². The summed E-state index contributed by atoms with van der Waals surface area (Å²) in [7, 11) is -3.66. The Morgan fingerprint density at radius 3 is 2.28 bits per heavy atom. The highest BCUT2D eigenvalue weighted by Crippen LogP contribution is 2.22. The molecule has 0 radical (unpaired) electrons. The van der Waals surface area contributed by atoms with Crippen LogP contribution in [0.5, 0.6) is 0 Å². The van der Waals surface area contributed by atoms with Gasteiger partial charge in [-0.05, 0) is 38.1 Å². The third-order valence-corrected chi connectivity index (χ3v) is 3.53. The van der Waals surface area contributed by atoms with Crippen molar-refractivity contribution in [3.8, 4) is 0 Å². The van der Waals surface area contributed by atoms with Crippen LogP contribution in [0, 0.1) is 13.8 Å². The molecular weight excluding hydrogens is 254 g/mol. The number of sulfonamides is 1. The van der Waals surface area contributed by atoms with E-state index in [1.165, 1.54) is 12.1 Å². The highest BCUT2D eigenvalue weighted by Gasteiger charge is 2.10. The molecule has 1 aromatic carbocycles. The van der Waals surface area contributed by atoms with Crippen LogP contribution < -0.4 is 10.5 Å². The molecule has 96 valence electrons. The van der Waals surface area contributed by atoms with Crippen LogP contribution in [0.25, 0.3) is 0 Å². The summed E-state index contributed by atoms with van der Waals surface area (Å²) < 4.78 is 27.2. The molecule has 2 rings (SSSR count). The summed E-state index contributed by atoms with van der Waals surface area (Å²) in [5, 5.41) is 11.9. The standard InChI is InChI=1S/C11H13N3O3S/c1-7-8(2)17-14-11(7)13-9-3-5-10(6-4-9)18(12,15)16/h3-6H,1-2H3,(H,13,14)(H2,12,15,16). The fourth-order valence-corrected chi connectivity index (χ4v) is 1.91. The molecular formula is C11H13N3O3S. The molecule has 6 nitrogen and oxygen atoms in total. The zero-order chi connectivity index (χ0) is 13.3. The van der Waals surface area contributed by atoms with Gasteiger partial charge in [-0.3, -0.25) is 0 Å². The van der Waals surface area contributed by atoms with Gasteiger partial charge in [0.1, 0.15) is 5.76 Å². The summed E-state index contributed by atoms with van der Waals surface area (Å²) in [5.74, 6) is 1.34. The molecule has 0 unspecified atom stereocenters. The summed E-state index contributed by atoms with van der Waals surface area (Å²) in [6.07, 6.45) is 0.